The summed E-state index contributed by atoms with van der Waals surface area (Å²) >= 11 is 0. The molecule has 1 amide bonds. The second kappa shape index (κ2) is 4.09. The highest BCUT2D eigenvalue weighted by molar-refractivity contribution is 5.83. The molecule has 0 saturated carbocycles. The van der Waals surface area contributed by atoms with Crippen molar-refractivity contribution < 1.29 is 4.79 Å². The van der Waals surface area contributed by atoms with Crippen molar-refractivity contribution in [3.63, 3.8) is 0 Å². The van der Waals surface area contributed by atoms with Crippen molar-refractivity contribution in [1.82, 2.24) is 10.2 Å². The van der Waals surface area contributed by atoms with E-state index in [0.29, 0.717) is 11.8 Å². The summed E-state index contributed by atoms with van der Waals surface area (Å²) < 4.78 is 0. The molecule has 0 bridgehead atoms. The van der Waals surface area contributed by atoms with E-state index in [9.17, 15) is 4.79 Å². The SMILES string of the molecule is CC1NCN(CC(C)C(C)C)C1=O. The molecule has 76 valence electrons. The predicted molar refractivity (Wildman–Crippen MR) is 53.2 cm³/mol. The summed E-state index contributed by atoms with van der Waals surface area (Å²) in [7, 11) is 0. The lowest BCUT2D eigenvalue weighted by molar-refractivity contribution is -0.129. The molecular formula is C10H20N2O. The Morgan fingerprint density at radius 2 is 2.15 bits per heavy atom. The fourth-order valence-corrected chi connectivity index (χ4v) is 1.40. The standard InChI is InChI=1S/C10H20N2O/c1-7(2)8(3)5-12-6-11-9(4)10(12)13/h7-9,11H,5-6H2,1-4H3. The minimum Gasteiger partial charge on any atom is -0.328 e. The van der Waals surface area contributed by atoms with Gasteiger partial charge in [0.1, 0.15) is 0 Å². The number of hydrogen-bond donors (Lipinski definition) is 1. The summed E-state index contributed by atoms with van der Waals surface area (Å²) in [6.45, 7) is 10.1. The summed E-state index contributed by atoms with van der Waals surface area (Å²) in [4.78, 5) is 13.4. The molecule has 1 rings (SSSR count). The first kappa shape index (κ1) is 10.5. The largest absolute Gasteiger partial charge is 0.328 e. The molecule has 3 nitrogen and oxygen atoms in total. The number of hydrogen-bond acceptors (Lipinski definition) is 2. The average Bonchev–Trinajstić information content (AvgIpc) is 2.36. The lowest BCUT2D eigenvalue weighted by atomic mass is 9.98. The van der Waals surface area contributed by atoms with Crippen molar-refractivity contribution in [2.75, 3.05) is 13.2 Å². The first-order valence-corrected chi connectivity index (χ1v) is 5.04. The Balaban J connectivity index is 2.42. The van der Waals surface area contributed by atoms with Crippen molar-refractivity contribution in [2.45, 2.75) is 33.7 Å². The molecule has 1 aliphatic rings. The fourth-order valence-electron chi connectivity index (χ4n) is 1.40. The van der Waals surface area contributed by atoms with E-state index in [1.54, 1.807) is 0 Å². The molecule has 1 fully saturated rings. The number of nitrogens with zero attached hydrogens (tertiary/aromatic N) is 1. The zero-order chi connectivity index (χ0) is 10.0. The van der Waals surface area contributed by atoms with E-state index in [2.05, 4.69) is 26.1 Å². The zero-order valence-electron chi connectivity index (χ0n) is 9.00. The van der Waals surface area contributed by atoms with Crippen LogP contribution in [0.2, 0.25) is 0 Å². The molecule has 2 atom stereocenters. The highest BCUT2D eigenvalue weighted by Gasteiger charge is 2.28. The fraction of sp³-hybridized carbons (Fsp3) is 0.900. The van der Waals surface area contributed by atoms with E-state index in [-0.39, 0.29) is 11.9 Å². The number of nitrogens with one attached hydrogen (secondary N) is 1. The van der Waals surface area contributed by atoms with Crippen molar-refractivity contribution in [3.8, 4) is 0 Å². The Bertz CT molecular complexity index is 191. The van der Waals surface area contributed by atoms with Gasteiger partial charge in [0.15, 0.2) is 0 Å². The van der Waals surface area contributed by atoms with E-state index in [0.717, 1.165) is 13.2 Å². The minimum atomic E-state index is 0.0133. The van der Waals surface area contributed by atoms with Gasteiger partial charge >= 0.3 is 0 Å². The summed E-state index contributed by atoms with van der Waals surface area (Å²) in [6.07, 6.45) is 0. The van der Waals surface area contributed by atoms with Crippen LogP contribution in [0.5, 0.6) is 0 Å². The molecule has 0 aromatic heterocycles. The Hall–Kier alpha value is -0.570. The molecule has 1 heterocycles. The van der Waals surface area contributed by atoms with Gasteiger partial charge in [-0.25, -0.2) is 0 Å². The lowest BCUT2D eigenvalue weighted by Gasteiger charge is -2.22. The van der Waals surface area contributed by atoms with Gasteiger partial charge in [-0.2, -0.15) is 0 Å². The molecule has 3 heteroatoms. The van der Waals surface area contributed by atoms with Crippen LogP contribution in [0.3, 0.4) is 0 Å². The van der Waals surface area contributed by atoms with Gasteiger partial charge in [-0.05, 0) is 18.8 Å². The Labute approximate surface area is 80.5 Å². The second-order valence-corrected chi connectivity index (χ2v) is 4.37. The molecule has 1 aliphatic heterocycles. The van der Waals surface area contributed by atoms with Crippen LogP contribution in [-0.2, 0) is 4.79 Å². The van der Waals surface area contributed by atoms with Crippen LogP contribution in [0, 0.1) is 11.8 Å². The maximum Gasteiger partial charge on any atom is 0.240 e. The molecule has 13 heavy (non-hydrogen) atoms. The van der Waals surface area contributed by atoms with Crippen LogP contribution in [0.4, 0.5) is 0 Å². The summed E-state index contributed by atoms with van der Waals surface area (Å²) in [5, 5.41) is 3.14. The van der Waals surface area contributed by atoms with Crippen LogP contribution in [0.15, 0.2) is 0 Å². The maximum atomic E-state index is 11.5. The Morgan fingerprint density at radius 1 is 1.54 bits per heavy atom. The summed E-state index contributed by atoms with van der Waals surface area (Å²) in [6, 6.07) is 0.0133. The van der Waals surface area contributed by atoms with Crippen LogP contribution in [-0.4, -0.2) is 30.1 Å². The summed E-state index contributed by atoms with van der Waals surface area (Å²) in [5.74, 6) is 1.47. The van der Waals surface area contributed by atoms with E-state index in [1.165, 1.54) is 0 Å². The van der Waals surface area contributed by atoms with Gasteiger partial charge in [-0.3, -0.25) is 10.1 Å². The van der Waals surface area contributed by atoms with Gasteiger partial charge in [-0.1, -0.05) is 20.8 Å². The third kappa shape index (κ3) is 2.44. The molecule has 2 unspecified atom stereocenters. The van der Waals surface area contributed by atoms with Crippen molar-refractivity contribution >= 4 is 5.91 Å². The molecule has 1 saturated heterocycles. The van der Waals surface area contributed by atoms with Crippen molar-refractivity contribution in [1.29, 1.82) is 0 Å². The molecule has 0 radical (unpaired) electrons. The van der Waals surface area contributed by atoms with E-state index >= 15 is 0 Å². The smallest absolute Gasteiger partial charge is 0.240 e. The van der Waals surface area contributed by atoms with Gasteiger partial charge in [0, 0.05) is 6.54 Å². The highest BCUT2D eigenvalue weighted by atomic mass is 16.2. The third-order valence-corrected chi connectivity index (χ3v) is 2.92. The minimum absolute atomic E-state index is 0.0133. The van der Waals surface area contributed by atoms with E-state index in [1.807, 2.05) is 11.8 Å². The first-order valence-electron chi connectivity index (χ1n) is 5.04. The monoisotopic (exact) mass is 184 g/mol. The van der Waals surface area contributed by atoms with Crippen LogP contribution >= 0.6 is 0 Å². The van der Waals surface area contributed by atoms with Crippen LogP contribution in [0.1, 0.15) is 27.7 Å². The number of carbonyl (C=O) groups excluding carboxylic acids is 1. The number of amides is 1. The van der Waals surface area contributed by atoms with Crippen LogP contribution < -0.4 is 5.32 Å². The lowest BCUT2D eigenvalue weighted by Crippen LogP contribution is -2.33. The van der Waals surface area contributed by atoms with Gasteiger partial charge in [-0.15, -0.1) is 0 Å². The highest BCUT2D eigenvalue weighted by Crippen LogP contribution is 2.13. The average molecular weight is 184 g/mol. The summed E-state index contributed by atoms with van der Waals surface area (Å²) in [5.41, 5.74) is 0. The van der Waals surface area contributed by atoms with Crippen molar-refractivity contribution in [2.24, 2.45) is 11.8 Å². The normalized spacial score (nSPS) is 25.8. The second-order valence-electron chi connectivity index (χ2n) is 4.37. The van der Waals surface area contributed by atoms with Gasteiger partial charge < -0.3 is 4.90 Å². The topological polar surface area (TPSA) is 32.3 Å². The Morgan fingerprint density at radius 3 is 2.54 bits per heavy atom. The molecule has 0 aromatic rings. The number of rotatable bonds is 3. The zero-order valence-corrected chi connectivity index (χ0v) is 9.00. The van der Waals surface area contributed by atoms with Gasteiger partial charge in [0.25, 0.3) is 0 Å². The van der Waals surface area contributed by atoms with Crippen LogP contribution in [0.25, 0.3) is 0 Å². The third-order valence-electron chi connectivity index (χ3n) is 2.92. The molecule has 1 N–H and O–H groups in total. The number of carbonyl (C=O) groups is 1. The molecule has 0 spiro atoms. The van der Waals surface area contributed by atoms with E-state index < -0.39 is 0 Å². The molecular weight excluding hydrogens is 164 g/mol. The quantitative estimate of drug-likeness (QED) is 0.711. The molecule has 0 aliphatic carbocycles. The van der Waals surface area contributed by atoms with Gasteiger partial charge in [0.05, 0.1) is 12.7 Å². The van der Waals surface area contributed by atoms with E-state index in [4.69, 9.17) is 0 Å². The Kier molecular flexibility index (Phi) is 3.31. The first-order chi connectivity index (χ1) is 6.02. The molecule has 0 aromatic carbocycles. The van der Waals surface area contributed by atoms with Gasteiger partial charge in [0.2, 0.25) is 5.91 Å². The predicted octanol–water partition coefficient (Wildman–Crippen LogP) is 1.06. The maximum absolute atomic E-state index is 11.5. The van der Waals surface area contributed by atoms with Crippen molar-refractivity contribution in [3.05, 3.63) is 0 Å².